The molecule has 3 heterocycles. The second-order valence-electron chi connectivity index (χ2n) is 6.34. The lowest BCUT2D eigenvalue weighted by Crippen LogP contribution is -3.14. The molecule has 0 aromatic carbocycles. The fraction of sp³-hybridized carbons (Fsp3) is 0.438. The number of quaternary nitrogens is 2. The van der Waals surface area contributed by atoms with Gasteiger partial charge in [0, 0.05) is 29.4 Å². The lowest BCUT2D eigenvalue weighted by molar-refractivity contribution is -0.878. The maximum atomic E-state index is 4.36. The van der Waals surface area contributed by atoms with E-state index in [0.29, 0.717) is 5.41 Å². The molecule has 1 aliphatic carbocycles. The van der Waals surface area contributed by atoms with Crippen molar-refractivity contribution >= 4 is 11.3 Å². The van der Waals surface area contributed by atoms with Crippen LogP contribution < -0.4 is 9.80 Å². The Morgan fingerprint density at radius 1 is 1.21 bits per heavy atom. The molecule has 100 valence electrons. The number of hydrogen-bond donors (Lipinski definition) is 2. The average molecular weight is 255 g/mol. The van der Waals surface area contributed by atoms with Gasteiger partial charge in [-0.3, -0.25) is 4.98 Å². The second kappa shape index (κ2) is 3.90. The largest absolute Gasteiger partial charge is 0.459 e. The molecule has 1 saturated carbocycles. The number of fused-ring (bicyclic) bond motifs is 3. The quantitative estimate of drug-likeness (QED) is 0.642. The first kappa shape index (κ1) is 11.6. The van der Waals surface area contributed by atoms with E-state index in [1.165, 1.54) is 59.0 Å². The minimum absolute atomic E-state index is 0.349. The van der Waals surface area contributed by atoms with Crippen molar-refractivity contribution in [3.8, 4) is 0 Å². The van der Waals surface area contributed by atoms with Crippen LogP contribution in [0, 0.1) is 19.5 Å². The molecule has 1 aromatic rings. The van der Waals surface area contributed by atoms with Crippen molar-refractivity contribution in [3.05, 3.63) is 43.8 Å². The van der Waals surface area contributed by atoms with Crippen LogP contribution in [0.5, 0.6) is 0 Å². The van der Waals surface area contributed by atoms with Crippen LogP contribution in [0.1, 0.15) is 31.2 Å². The van der Waals surface area contributed by atoms with Crippen molar-refractivity contribution in [1.82, 2.24) is 4.98 Å². The van der Waals surface area contributed by atoms with Crippen LogP contribution in [0.3, 0.4) is 0 Å². The summed E-state index contributed by atoms with van der Waals surface area (Å²) in [5.74, 6) is 0. The van der Waals surface area contributed by atoms with Gasteiger partial charge in [-0.2, -0.15) is 7.05 Å². The van der Waals surface area contributed by atoms with Crippen LogP contribution in [0.15, 0.2) is 24.2 Å². The summed E-state index contributed by atoms with van der Waals surface area (Å²) in [7, 11) is 8.64. The van der Waals surface area contributed by atoms with Crippen LogP contribution in [-0.2, 0) is 0 Å². The zero-order valence-electron chi connectivity index (χ0n) is 11.3. The summed E-state index contributed by atoms with van der Waals surface area (Å²) in [6, 6.07) is 2.13. The molecule has 2 atom stereocenters. The number of nitrogens with zero attached hydrogens (tertiary/aromatic N) is 1. The van der Waals surface area contributed by atoms with Gasteiger partial charge in [-0.1, -0.05) is 12.8 Å². The van der Waals surface area contributed by atoms with E-state index >= 15 is 0 Å². The predicted octanol–water partition coefficient (Wildman–Crippen LogP) is 0.365. The van der Waals surface area contributed by atoms with Gasteiger partial charge in [-0.15, -0.1) is 7.05 Å². The molecular formula is C16H21N3. The molecule has 0 radical (unpaired) electrons. The number of nitrogens with one attached hydrogen (secondary N) is 2. The highest BCUT2D eigenvalue weighted by Crippen LogP contribution is 2.51. The third kappa shape index (κ3) is 1.49. The number of hydrogen-bond acceptors (Lipinski definition) is 1. The summed E-state index contributed by atoms with van der Waals surface area (Å²) in [5, 5.41) is 0. The lowest BCUT2D eigenvalue weighted by atomic mass is 9.73. The monoisotopic (exact) mass is 255 g/mol. The first-order valence-electron chi connectivity index (χ1n) is 7.26. The summed E-state index contributed by atoms with van der Waals surface area (Å²) >= 11 is 0. The highest BCUT2D eigenvalue weighted by Gasteiger charge is 2.50. The van der Waals surface area contributed by atoms with E-state index in [1.807, 2.05) is 6.20 Å². The van der Waals surface area contributed by atoms with Gasteiger partial charge >= 0.3 is 0 Å². The smallest absolute Gasteiger partial charge is 0.144 e. The zero-order chi connectivity index (χ0) is 13.0. The Morgan fingerprint density at radius 3 is 2.79 bits per heavy atom. The van der Waals surface area contributed by atoms with Gasteiger partial charge in [0.05, 0.1) is 12.1 Å². The van der Waals surface area contributed by atoms with Gasteiger partial charge < -0.3 is 9.80 Å². The Morgan fingerprint density at radius 2 is 2.00 bits per heavy atom. The van der Waals surface area contributed by atoms with Gasteiger partial charge in [0.25, 0.3) is 0 Å². The highest BCUT2D eigenvalue weighted by atomic mass is 15.2. The lowest BCUT2D eigenvalue weighted by Gasteiger charge is -2.40. The molecular weight excluding hydrogens is 234 g/mol. The molecule has 4 rings (SSSR count). The van der Waals surface area contributed by atoms with E-state index in [4.69, 9.17) is 0 Å². The average Bonchev–Trinajstić information content (AvgIpc) is 2.96. The molecule has 19 heavy (non-hydrogen) atoms. The first-order valence-corrected chi connectivity index (χ1v) is 7.26. The van der Waals surface area contributed by atoms with E-state index in [0.717, 1.165) is 6.54 Å². The standard InChI is InChI=1S/C16H21N3/c1-18-10-14-15(16(11-18)6-3-4-7-16)12-9-17-8-5-13(12)19(14)2/h5,8-9,18-19H,1-4,6-7,10-11H2. The minimum Gasteiger partial charge on any atom is -0.459 e. The maximum Gasteiger partial charge on any atom is 0.144 e. The van der Waals surface area contributed by atoms with Gasteiger partial charge in [-0.05, 0) is 12.8 Å². The Kier molecular flexibility index (Phi) is 2.39. The molecule has 3 heteroatoms. The molecule has 0 bridgehead atoms. The van der Waals surface area contributed by atoms with Gasteiger partial charge in [-0.25, -0.2) is 0 Å². The van der Waals surface area contributed by atoms with Crippen LogP contribution in [-0.4, -0.2) is 18.1 Å². The van der Waals surface area contributed by atoms with Gasteiger partial charge in [0.1, 0.15) is 17.9 Å². The topological polar surface area (TPSA) is 21.8 Å². The second-order valence-corrected chi connectivity index (χ2v) is 6.34. The fourth-order valence-corrected chi connectivity index (χ4v) is 4.49. The SMILES string of the molecule is [CH2-][NH+]1CC2=C(c3cnccc3[NH+]2[CH2-])C2(CCCC2)C1. The molecule has 1 aromatic heterocycles. The molecule has 0 saturated heterocycles. The Bertz CT molecular complexity index is 555. The fourth-order valence-electron chi connectivity index (χ4n) is 4.49. The summed E-state index contributed by atoms with van der Waals surface area (Å²) in [6.07, 6.45) is 9.27. The molecule has 3 aliphatic rings. The van der Waals surface area contributed by atoms with Crippen molar-refractivity contribution in [2.45, 2.75) is 25.7 Å². The first-order chi connectivity index (χ1) is 9.21. The molecule has 3 nitrogen and oxygen atoms in total. The van der Waals surface area contributed by atoms with Crippen molar-refractivity contribution in [2.24, 2.45) is 5.41 Å². The molecule has 1 spiro atoms. The maximum absolute atomic E-state index is 4.36. The minimum atomic E-state index is 0.349. The van der Waals surface area contributed by atoms with Crippen LogP contribution in [0.4, 0.5) is 5.69 Å². The van der Waals surface area contributed by atoms with Crippen LogP contribution in [0.2, 0.25) is 0 Å². The number of rotatable bonds is 0. The Labute approximate surface area is 114 Å². The number of aromatic nitrogens is 1. The third-order valence-electron chi connectivity index (χ3n) is 5.19. The molecule has 2 unspecified atom stereocenters. The Balaban J connectivity index is 1.93. The third-order valence-corrected chi connectivity index (χ3v) is 5.19. The zero-order valence-corrected chi connectivity index (χ0v) is 11.3. The highest BCUT2D eigenvalue weighted by molar-refractivity contribution is 5.81. The van der Waals surface area contributed by atoms with Crippen molar-refractivity contribution in [3.63, 3.8) is 0 Å². The predicted molar refractivity (Wildman–Crippen MR) is 74.1 cm³/mol. The van der Waals surface area contributed by atoms with Crippen molar-refractivity contribution in [2.75, 3.05) is 13.1 Å². The summed E-state index contributed by atoms with van der Waals surface area (Å²) < 4.78 is 0. The van der Waals surface area contributed by atoms with E-state index in [1.54, 1.807) is 5.57 Å². The summed E-state index contributed by atoms with van der Waals surface area (Å²) in [5.41, 5.74) is 6.05. The van der Waals surface area contributed by atoms with E-state index in [-0.39, 0.29) is 0 Å². The summed E-state index contributed by atoms with van der Waals surface area (Å²) in [6.45, 7) is 2.19. The summed E-state index contributed by atoms with van der Waals surface area (Å²) in [4.78, 5) is 6.97. The van der Waals surface area contributed by atoms with Crippen molar-refractivity contribution < 1.29 is 9.80 Å². The van der Waals surface area contributed by atoms with Crippen LogP contribution >= 0.6 is 0 Å². The van der Waals surface area contributed by atoms with E-state index in [2.05, 4.69) is 31.3 Å². The van der Waals surface area contributed by atoms with E-state index < -0.39 is 0 Å². The van der Waals surface area contributed by atoms with Gasteiger partial charge in [0.2, 0.25) is 0 Å². The number of pyridine rings is 1. The molecule has 1 fully saturated rings. The molecule has 0 amide bonds. The van der Waals surface area contributed by atoms with Crippen molar-refractivity contribution in [1.29, 1.82) is 0 Å². The van der Waals surface area contributed by atoms with Gasteiger partial charge in [0.15, 0.2) is 0 Å². The molecule has 2 N–H and O–H groups in total. The normalized spacial score (nSPS) is 31.7. The van der Waals surface area contributed by atoms with E-state index in [9.17, 15) is 0 Å². The Hall–Kier alpha value is -1.19. The van der Waals surface area contributed by atoms with Crippen LogP contribution in [0.25, 0.3) is 5.57 Å². The molecule has 2 aliphatic heterocycles.